The molecule has 1 fully saturated rings. The van der Waals surface area contributed by atoms with Crippen LogP contribution in [-0.4, -0.2) is 43.8 Å². The van der Waals surface area contributed by atoms with Gasteiger partial charge in [0, 0.05) is 24.7 Å². The van der Waals surface area contributed by atoms with E-state index in [9.17, 15) is 23.2 Å². The van der Waals surface area contributed by atoms with E-state index in [1.54, 1.807) is 24.3 Å². The van der Waals surface area contributed by atoms with E-state index in [0.717, 1.165) is 0 Å². The van der Waals surface area contributed by atoms with Gasteiger partial charge in [0.15, 0.2) is 18.1 Å². The topological polar surface area (TPSA) is 103 Å². The number of carbonyl (C=O) groups is 3. The average Bonchev–Trinajstić information content (AvgIpc) is 3.30. The molecule has 9 nitrogen and oxygen atoms in total. The van der Waals surface area contributed by atoms with Gasteiger partial charge in [-0.05, 0) is 31.2 Å². The van der Waals surface area contributed by atoms with Crippen molar-refractivity contribution < 1.29 is 42.1 Å². The number of hydrogen-bond acceptors (Lipinski definition) is 7. The van der Waals surface area contributed by atoms with E-state index in [2.05, 4.69) is 14.8 Å². The van der Waals surface area contributed by atoms with Crippen LogP contribution in [0.3, 0.4) is 0 Å². The summed E-state index contributed by atoms with van der Waals surface area (Å²) in [5, 5.41) is 2.42. The Morgan fingerprint density at radius 3 is 2.73 bits per heavy atom. The zero-order valence-electron chi connectivity index (χ0n) is 17.5. The second kappa shape index (κ2) is 8.93. The van der Waals surface area contributed by atoms with Gasteiger partial charge in [-0.1, -0.05) is 12.1 Å². The largest absolute Gasteiger partial charge is 0.586 e. The van der Waals surface area contributed by atoms with Crippen molar-refractivity contribution in [1.82, 2.24) is 0 Å². The number of carbonyl (C=O) groups excluding carboxylic acids is 3. The molecule has 174 valence electrons. The molecule has 2 aromatic carbocycles. The number of benzene rings is 2. The van der Waals surface area contributed by atoms with Crippen molar-refractivity contribution in [2.24, 2.45) is 5.92 Å². The highest BCUT2D eigenvalue weighted by atomic mass is 19.3. The maximum absolute atomic E-state index is 13.1. The molecule has 1 saturated heterocycles. The molecule has 2 aliphatic heterocycles. The number of fused-ring (bicyclic) bond motifs is 1. The first-order valence-electron chi connectivity index (χ1n) is 10.1. The van der Waals surface area contributed by atoms with Crippen LogP contribution in [-0.2, 0) is 19.1 Å². The Bertz CT molecular complexity index is 1090. The van der Waals surface area contributed by atoms with Gasteiger partial charge in [0.2, 0.25) is 5.91 Å². The number of esters is 1. The molecule has 2 aromatic rings. The number of nitrogens with zero attached hydrogens (tertiary/aromatic N) is 1. The number of halogens is 2. The predicted octanol–water partition coefficient (Wildman–Crippen LogP) is 2.94. The van der Waals surface area contributed by atoms with Crippen molar-refractivity contribution in [3.05, 3.63) is 42.5 Å². The van der Waals surface area contributed by atoms with E-state index in [1.165, 1.54) is 23.1 Å². The Kier molecular flexibility index (Phi) is 6.03. The molecule has 0 spiro atoms. The number of nitrogens with one attached hydrogen (secondary N) is 1. The highest BCUT2D eigenvalue weighted by Gasteiger charge is 2.43. The summed E-state index contributed by atoms with van der Waals surface area (Å²) in [6.45, 7) is 1.74. The Labute approximate surface area is 187 Å². The summed E-state index contributed by atoms with van der Waals surface area (Å²) in [4.78, 5) is 38.5. The minimum Gasteiger partial charge on any atom is -0.492 e. The molecule has 0 aromatic heterocycles. The second-order valence-electron chi connectivity index (χ2n) is 7.29. The number of anilines is 2. The number of hydrogen-bond donors (Lipinski definition) is 1. The monoisotopic (exact) mass is 462 g/mol. The molecule has 11 heteroatoms. The fourth-order valence-corrected chi connectivity index (χ4v) is 3.53. The molecule has 1 N–H and O–H groups in total. The molecule has 0 bridgehead atoms. The highest BCUT2D eigenvalue weighted by Crippen LogP contribution is 2.42. The van der Waals surface area contributed by atoms with Gasteiger partial charge in [-0.2, -0.15) is 0 Å². The summed E-state index contributed by atoms with van der Waals surface area (Å²) >= 11 is 0. The van der Waals surface area contributed by atoms with E-state index in [0.29, 0.717) is 18.0 Å². The minimum absolute atomic E-state index is 0.0582. The van der Waals surface area contributed by atoms with Crippen LogP contribution in [0.2, 0.25) is 0 Å². The Balaban J connectivity index is 1.31. The fourth-order valence-electron chi connectivity index (χ4n) is 3.53. The maximum atomic E-state index is 13.1. The van der Waals surface area contributed by atoms with E-state index in [4.69, 9.17) is 9.47 Å². The number of amides is 2. The average molecular weight is 462 g/mol. The smallest absolute Gasteiger partial charge is 0.492 e. The molecule has 33 heavy (non-hydrogen) atoms. The van der Waals surface area contributed by atoms with Crippen molar-refractivity contribution in [3.8, 4) is 17.2 Å². The van der Waals surface area contributed by atoms with Crippen LogP contribution in [0, 0.1) is 5.92 Å². The van der Waals surface area contributed by atoms with Crippen molar-refractivity contribution in [1.29, 1.82) is 0 Å². The van der Waals surface area contributed by atoms with E-state index in [1.807, 2.05) is 6.92 Å². The zero-order valence-corrected chi connectivity index (χ0v) is 17.5. The number of rotatable bonds is 7. The molecule has 2 aliphatic rings. The predicted molar refractivity (Wildman–Crippen MR) is 110 cm³/mol. The van der Waals surface area contributed by atoms with E-state index >= 15 is 0 Å². The number of ether oxygens (including phenoxy) is 4. The first-order chi connectivity index (χ1) is 15.8. The van der Waals surface area contributed by atoms with Crippen LogP contribution in [0.5, 0.6) is 17.2 Å². The summed E-state index contributed by atoms with van der Waals surface area (Å²) in [6.07, 6.45) is -3.83. The molecular weight excluding hydrogens is 442 g/mol. The third-order valence-electron chi connectivity index (χ3n) is 4.94. The minimum atomic E-state index is -3.77. The third kappa shape index (κ3) is 4.97. The fraction of sp³-hybridized carbons (Fsp3) is 0.318. The van der Waals surface area contributed by atoms with E-state index in [-0.39, 0.29) is 36.1 Å². The number of para-hydroxylation sites is 2. The first-order valence-corrected chi connectivity index (χ1v) is 10.1. The molecular formula is C22H20F2N2O7. The lowest BCUT2D eigenvalue weighted by molar-refractivity contribution is -0.286. The van der Waals surface area contributed by atoms with Gasteiger partial charge in [-0.3, -0.25) is 14.4 Å². The van der Waals surface area contributed by atoms with Gasteiger partial charge in [0.1, 0.15) is 5.75 Å². The Hall–Kier alpha value is -3.89. The van der Waals surface area contributed by atoms with Gasteiger partial charge in [-0.15, -0.1) is 8.78 Å². The summed E-state index contributed by atoms with van der Waals surface area (Å²) < 4.78 is 45.4. The SMILES string of the molecule is CCOc1ccccc1N1CC(C(=O)OCC(=O)Nc2ccc3c(c2)OC(F)(F)O3)CC1=O. The second-order valence-corrected chi connectivity index (χ2v) is 7.29. The van der Waals surface area contributed by atoms with Crippen molar-refractivity contribution in [2.45, 2.75) is 19.6 Å². The van der Waals surface area contributed by atoms with Crippen molar-refractivity contribution in [3.63, 3.8) is 0 Å². The van der Waals surface area contributed by atoms with Gasteiger partial charge in [0.25, 0.3) is 5.91 Å². The standard InChI is InChI=1S/C22H20F2N2O7/c1-2-30-16-6-4-3-5-15(16)26-11-13(9-20(26)28)21(29)31-12-19(27)25-14-7-8-17-18(10-14)33-22(23,24)32-17/h3-8,10,13H,2,9,11-12H2,1H3,(H,25,27). The van der Waals surface area contributed by atoms with Crippen LogP contribution in [0.15, 0.2) is 42.5 Å². The summed E-state index contributed by atoms with van der Waals surface area (Å²) in [5.41, 5.74) is 0.719. The van der Waals surface area contributed by atoms with Gasteiger partial charge >= 0.3 is 12.3 Å². The molecule has 2 heterocycles. The van der Waals surface area contributed by atoms with Crippen molar-refractivity contribution >= 4 is 29.2 Å². The van der Waals surface area contributed by atoms with Crippen LogP contribution >= 0.6 is 0 Å². The van der Waals surface area contributed by atoms with Gasteiger partial charge in [0.05, 0.1) is 18.2 Å². The quantitative estimate of drug-likeness (QED) is 0.631. The molecule has 0 radical (unpaired) electrons. The lowest BCUT2D eigenvalue weighted by Crippen LogP contribution is -2.28. The van der Waals surface area contributed by atoms with Crippen LogP contribution in [0.25, 0.3) is 0 Å². The van der Waals surface area contributed by atoms with Gasteiger partial charge < -0.3 is 29.2 Å². The summed E-state index contributed by atoms with van der Waals surface area (Å²) in [5.74, 6) is -2.24. The third-order valence-corrected chi connectivity index (χ3v) is 4.94. The first kappa shape index (κ1) is 22.3. The van der Waals surface area contributed by atoms with Gasteiger partial charge in [-0.25, -0.2) is 0 Å². The molecule has 0 aliphatic carbocycles. The van der Waals surface area contributed by atoms with Crippen LogP contribution in [0.4, 0.5) is 20.2 Å². The lowest BCUT2D eigenvalue weighted by atomic mass is 10.1. The Morgan fingerprint density at radius 1 is 1.18 bits per heavy atom. The number of alkyl halides is 2. The molecule has 1 atom stereocenters. The summed E-state index contributed by atoms with van der Waals surface area (Å²) in [7, 11) is 0. The van der Waals surface area contributed by atoms with Crippen molar-refractivity contribution in [2.75, 3.05) is 30.0 Å². The van der Waals surface area contributed by atoms with Crippen LogP contribution < -0.4 is 24.4 Å². The normalized spacial score (nSPS) is 18.2. The van der Waals surface area contributed by atoms with E-state index < -0.39 is 30.7 Å². The molecule has 2 amide bonds. The zero-order chi connectivity index (χ0) is 23.6. The lowest BCUT2D eigenvalue weighted by Gasteiger charge is -2.19. The Morgan fingerprint density at radius 2 is 1.94 bits per heavy atom. The summed E-state index contributed by atoms with van der Waals surface area (Å²) in [6, 6.07) is 10.7. The highest BCUT2D eigenvalue weighted by molar-refractivity contribution is 6.01. The maximum Gasteiger partial charge on any atom is 0.586 e. The molecule has 1 unspecified atom stereocenters. The molecule has 0 saturated carbocycles. The molecule has 4 rings (SSSR count). The van der Waals surface area contributed by atoms with Crippen LogP contribution in [0.1, 0.15) is 13.3 Å².